The van der Waals surface area contributed by atoms with Crippen molar-refractivity contribution < 1.29 is 14.3 Å². The van der Waals surface area contributed by atoms with Gasteiger partial charge in [-0.15, -0.1) is 0 Å². The van der Waals surface area contributed by atoms with Crippen LogP contribution in [0, 0.1) is 5.92 Å². The van der Waals surface area contributed by atoms with Gasteiger partial charge < -0.3 is 4.74 Å². The summed E-state index contributed by atoms with van der Waals surface area (Å²) in [5, 5.41) is 0. The second-order valence-corrected chi connectivity index (χ2v) is 7.80. The lowest BCUT2D eigenvalue weighted by molar-refractivity contribution is -0.150. The maximum Gasteiger partial charge on any atom is 0.316 e. The van der Waals surface area contributed by atoms with Gasteiger partial charge in [-0.2, -0.15) is 0 Å². The summed E-state index contributed by atoms with van der Waals surface area (Å²) in [4.78, 5) is 22.6. The fraction of sp³-hybridized carbons (Fsp3) is 0.913. The molecule has 0 spiro atoms. The fourth-order valence-electron chi connectivity index (χ4n) is 3.11. The van der Waals surface area contributed by atoms with Crippen LogP contribution in [0.4, 0.5) is 0 Å². The minimum Gasteiger partial charge on any atom is -0.465 e. The van der Waals surface area contributed by atoms with Crippen molar-refractivity contribution in [1.29, 1.82) is 0 Å². The second-order valence-electron chi connectivity index (χ2n) is 7.80. The monoisotopic (exact) mass is 368 g/mol. The molecule has 0 aliphatic carbocycles. The van der Waals surface area contributed by atoms with Gasteiger partial charge in [0.1, 0.15) is 11.7 Å². The maximum atomic E-state index is 11.5. The Morgan fingerprint density at radius 3 is 1.35 bits per heavy atom. The van der Waals surface area contributed by atoms with Gasteiger partial charge in [-0.3, -0.25) is 9.59 Å². The highest BCUT2D eigenvalue weighted by molar-refractivity contribution is 5.97. The zero-order valence-corrected chi connectivity index (χ0v) is 17.8. The average molecular weight is 369 g/mol. The number of rotatable bonds is 19. The van der Waals surface area contributed by atoms with Crippen molar-refractivity contribution >= 4 is 11.8 Å². The van der Waals surface area contributed by atoms with Gasteiger partial charge in [0.15, 0.2) is 0 Å². The molecule has 0 aliphatic heterocycles. The lowest BCUT2D eigenvalue weighted by Crippen LogP contribution is -2.21. The van der Waals surface area contributed by atoms with E-state index < -0.39 is 5.92 Å². The minimum atomic E-state index is -0.615. The van der Waals surface area contributed by atoms with E-state index in [0.717, 1.165) is 12.8 Å². The summed E-state index contributed by atoms with van der Waals surface area (Å²) in [6.07, 6.45) is 21.3. The Bertz CT molecular complexity index is 338. The zero-order chi connectivity index (χ0) is 19.5. The highest BCUT2D eigenvalue weighted by atomic mass is 16.5. The molecular weight excluding hydrogens is 324 g/mol. The molecule has 26 heavy (non-hydrogen) atoms. The van der Waals surface area contributed by atoms with Crippen molar-refractivity contribution in [2.24, 2.45) is 5.92 Å². The van der Waals surface area contributed by atoms with E-state index in [0.29, 0.717) is 6.61 Å². The first-order valence-corrected chi connectivity index (χ1v) is 11.3. The van der Waals surface area contributed by atoms with E-state index in [-0.39, 0.29) is 11.8 Å². The summed E-state index contributed by atoms with van der Waals surface area (Å²) < 4.78 is 5.12. The molecule has 3 nitrogen and oxygen atoms in total. The van der Waals surface area contributed by atoms with E-state index in [9.17, 15) is 9.59 Å². The molecule has 1 unspecified atom stereocenters. The van der Waals surface area contributed by atoms with E-state index >= 15 is 0 Å². The summed E-state index contributed by atoms with van der Waals surface area (Å²) >= 11 is 0. The van der Waals surface area contributed by atoms with Crippen LogP contribution >= 0.6 is 0 Å². The molecule has 0 rings (SSSR count). The quantitative estimate of drug-likeness (QED) is 0.140. The van der Waals surface area contributed by atoms with Gasteiger partial charge in [0, 0.05) is 0 Å². The highest BCUT2D eigenvalue weighted by Crippen LogP contribution is 2.13. The van der Waals surface area contributed by atoms with Crippen LogP contribution in [0.2, 0.25) is 0 Å². The third kappa shape index (κ3) is 16.6. The largest absolute Gasteiger partial charge is 0.465 e. The number of unbranched alkanes of at least 4 members (excludes halogenated alkanes) is 15. The molecule has 154 valence electrons. The molecule has 0 bridgehead atoms. The van der Waals surface area contributed by atoms with Gasteiger partial charge in [0.25, 0.3) is 0 Å². The number of carbonyl (C=O) groups excluding carboxylic acids is 2. The van der Waals surface area contributed by atoms with Crippen LogP contribution in [0.25, 0.3) is 0 Å². The summed E-state index contributed by atoms with van der Waals surface area (Å²) in [6.45, 7) is 5.77. The summed E-state index contributed by atoms with van der Waals surface area (Å²) in [5.74, 6) is -1.11. The predicted molar refractivity (Wildman–Crippen MR) is 110 cm³/mol. The first kappa shape index (κ1) is 25.1. The molecule has 0 saturated heterocycles. The molecule has 0 saturated carbocycles. The van der Waals surface area contributed by atoms with Crippen LogP contribution in [0.5, 0.6) is 0 Å². The van der Waals surface area contributed by atoms with Crippen molar-refractivity contribution in [2.45, 2.75) is 124 Å². The molecule has 0 heterocycles. The highest BCUT2D eigenvalue weighted by Gasteiger charge is 2.18. The van der Waals surface area contributed by atoms with Crippen molar-refractivity contribution in [3.05, 3.63) is 0 Å². The van der Waals surface area contributed by atoms with E-state index in [4.69, 9.17) is 4.74 Å². The van der Waals surface area contributed by atoms with Crippen LogP contribution in [-0.4, -0.2) is 18.4 Å². The molecule has 0 aromatic carbocycles. The summed E-state index contributed by atoms with van der Waals surface area (Å²) in [7, 11) is 0. The molecule has 0 aliphatic rings. The average Bonchev–Trinajstić information content (AvgIpc) is 2.63. The lowest BCUT2D eigenvalue weighted by atomic mass is 10.0. The first-order chi connectivity index (χ1) is 12.6. The third-order valence-electron chi connectivity index (χ3n) is 5.21. The van der Waals surface area contributed by atoms with Crippen molar-refractivity contribution in [3.63, 3.8) is 0 Å². The first-order valence-electron chi connectivity index (χ1n) is 11.3. The predicted octanol–water partition coefficient (Wildman–Crippen LogP) is 7.02. The topological polar surface area (TPSA) is 43.4 Å². The fourth-order valence-corrected chi connectivity index (χ4v) is 3.11. The van der Waals surface area contributed by atoms with Crippen molar-refractivity contribution in [1.82, 2.24) is 0 Å². The Hall–Kier alpha value is -0.860. The molecule has 0 aromatic rings. The standard InChI is InChI=1S/C23H44O3/c1-4-5-6-7-8-9-10-11-12-13-14-15-16-17-18-19-20-26-23(25)21(2)22(3)24/h21H,4-20H2,1-3H3. The number of carbonyl (C=O) groups is 2. The maximum absolute atomic E-state index is 11.5. The van der Waals surface area contributed by atoms with E-state index in [1.54, 1.807) is 6.92 Å². The van der Waals surface area contributed by atoms with Gasteiger partial charge in [-0.25, -0.2) is 0 Å². The van der Waals surface area contributed by atoms with Gasteiger partial charge in [0.05, 0.1) is 6.61 Å². The zero-order valence-electron chi connectivity index (χ0n) is 17.8. The lowest BCUT2D eigenvalue weighted by Gasteiger charge is -2.08. The number of hydrogen-bond acceptors (Lipinski definition) is 3. The Kier molecular flexibility index (Phi) is 18.3. The molecule has 0 N–H and O–H groups in total. The SMILES string of the molecule is CCCCCCCCCCCCCCCCCCOC(=O)C(C)C(C)=O. The van der Waals surface area contributed by atoms with Gasteiger partial charge >= 0.3 is 5.97 Å². The molecule has 3 heteroatoms. The number of ether oxygens (including phenoxy) is 1. The van der Waals surface area contributed by atoms with Crippen LogP contribution in [0.1, 0.15) is 124 Å². The third-order valence-corrected chi connectivity index (χ3v) is 5.21. The van der Waals surface area contributed by atoms with Crippen LogP contribution in [-0.2, 0) is 14.3 Å². The number of ketones is 1. The molecular formula is C23H44O3. The summed E-state index contributed by atoms with van der Waals surface area (Å²) in [5.41, 5.74) is 0. The Morgan fingerprint density at radius 2 is 1.00 bits per heavy atom. The number of Topliss-reactive ketones (excluding diaryl/α,β-unsaturated/α-hetero) is 1. The normalized spacial score (nSPS) is 12.1. The van der Waals surface area contributed by atoms with E-state index in [2.05, 4.69) is 6.92 Å². The molecule has 1 atom stereocenters. The van der Waals surface area contributed by atoms with Crippen LogP contribution < -0.4 is 0 Å². The summed E-state index contributed by atoms with van der Waals surface area (Å²) in [6, 6.07) is 0. The number of esters is 1. The van der Waals surface area contributed by atoms with Gasteiger partial charge in [-0.1, -0.05) is 103 Å². The molecule has 0 fully saturated rings. The Balaban J connectivity index is 3.16. The smallest absolute Gasteiger partial charge is 0.316 e. The number of hydrogen-bond donors (Lipinski definition) is 0. The van der Waals surface area contributed by atoms with Gasteiger partial charge in [-0.05, 0) is 20.3 Å². The van der Waals surface area contributed by atoms with Crippen LogP contribution in [0.15, 0.2) is 0 Å². The van der Waals surface area contributed by atoms with Gasteiger partial charge in [0.2, 0.25) is 0 Å². The van der Waals surface area contributed by atoms with Crippen LogP contribution in [0.3, 0.4) is 0 Å². The molecule has 0 radical (unpaired) electrons. The minimum absolute atomic E-state index is 0.123. The Labute approximate surface area is 162 Å². The van der Waals surface area contributed by atoms with E-state index in [1.165, 1.54) is 96.8 Å². The Morgan fingerprint density at radius 1 is 0.654 bits per heavy atom. The molecule has 0 aromatic heterocycles. The second kappa shape index (κ2) is 18.9. The van der Waals surface area contributed by atoms with E-state index in [1.807, 2.05) is 0 Å². The van der Waals surface area contributed by atoms with Crippen molar-refractivity contribution in [2.75, 3.05) is 6.61 Å². The van der Waals surface area contributed by atoms with Crippen molar-refractivity contribution in [3.8, 4) is 0 Å². The molecule has 0 amide bonds.